The van der Waals surface area contributed by atoms with Gasteiger partial charge in [0.05, 0.1) is 6.61 Å². The van der Waals surface area contributed by atoms with Crippen molar-refractivity contribution in [3.05, 3.63) is 35.9 Å². The summed E-state index contributed by atoms with van der Waals surface area (Å²) in [4.78, 5) is 0. The Morgan fingerprint density at radius 2 is 1.67 bits per heavy atom. The molecule has 0 aliphatic heterocycles. The maximum Gasteiger partial charge on any atom is 0.102 e. The lowest BCUT2D eigenvalue weighted by Gasteiger charge is -2.05. The fraction of sp³-hybridized carbons (Fsp3) is 0.400. The molecule has 0 heterocycles. The smallest absolute Gasteiger partial charge is 0.102 e. The van der Waals surface area contributed by atoms with Crippen LogP contribution in [-0.4, -0.2) is 16.8 Å². The van der Waals surface area contributed by atoms with E-state index in [4.69, 9.17) is 10.2 Å². The summed E-state index contributed by atoms with van der Waals surface area (Å²) in [5.74, 6) is 0. The highest BCUT2D eigenvalue weighted by Gasteiger charge is 2.02. The quantitative estimate of drug-likeness (QED) is 0.706. The molecule has 2 N–H and O–H groups in total. The van der Waals surface area contributed by atoms with E-state index in [1.807, 2.05) is 32.0 Å². The van der Waals surface area contributed by atoms with Crippen LogP contribution in [0.25, 0.3) is 0 Å². The largest absolute Gasteiger partial charge is 0.393 e. The average molecular weight is 168 g/mol. The van der Waals surface area contributed by atoms with Crippen molar-refractivity contribution in [1.82, 2.24) is 0 Å². The molecule has 68 valence electrons. The van der Waals surface area contributed by atoms with E-state index in [0.29, 0.717) is 0 Å². The SMILES string of the molecule is CC.OCC(O)c1ccccc1. The van der Waals surface area contributed by atoms with Crippen molar-refractivity contribution >= 4 is 0 Å². The van der Waals surface area contributed by atoms with Gasteiger partial charge in [-0.05, 0) is 5.56 Å². The van der Waals surface area contributed by atoms with Crippen molar-refractivity contribution in [2.24, 2.45) is 0 Å². The van der Waals surface area contributed by atoms with E-state index >= 15 is 0 Å². The van der Waals surface area contributed by atoms with Crippen LogP contribution in [0.2, 0.25) is 0 Å². The Kier molecular flexibility index (Phi) is 6.34. The third-order valence-corrected chi connectivity index (χ3v) is 1.36. The van der Waals surface area contributed by atoms with Crippen LogP contribution in [0.3, 0.4) is 0 Å². The Morgan fingerprint density at radius 3 is 2.08 bits per heavy atom. The fourth-order valence-corrected chi connectivity index (χ4v) is 0.781. The minimum Gasteiger partial charge on any atom is -0.393 e. The third-order valence-electron chi connectivity index (χ3n) is 1.36. The lowest BCUT2D eigenvalue weighted by Crippen LogP contribution is -2.01. The van der Waals surface area contributed by atoms with Crippen LogP contribution in [0.1, 0.15) is 25.5 Å². The summed E-state index contributed by atoms with van der Waals surface area (Å²) < 4.78 is 0. The lowest BCUT2D eigenvalue weighted by molar-refractivity contribution is 0.0956. The van der Waals surface area contributed by atoms with Crippen molar-refractivity contribution < 1.29 is 10.2 Å². The summed E-state index contributed by atoms with van der Waals surface area (Å²) in [6.45, 7) is 3.78. The second kappa shape index (κ2) is 6.83. The van der Waals surface area contributed by atoms with Gasteiger partial charge in [-0.25, -0.2) is 0 Å². The molecular formula is C10H16O2. The third kappa shape index (κ3) is 3.51. The molecule has 0 amide bonds. The molecule has 0 spiro atoms. The zero-order chi connectivity index (χ0) is 9.40. The molecule has 0 saturated carbocycles. The van der Waals surface area contributed by atoms with Gasteiger partial charge in [-0.1, -0.05) is 44.2 Å². The Labute approximate surface area is 73.5 Å². The first-order chi connectivity index (χ1) is 5.84. The molecular weight excluding hydrogens is 152 g/mol. The van der Waals surface area contributed by atoms with E-state index in [0.717, 1.165) is 5.56 Å². The van der Waals surface area contributed by atoms with Crippen LogP contribution >= 0.6 is 0 Å². The summed E-state index contributed by atoms with van der Waals surface area (Å²) in [5, 5.41) is 17.6. The molecule has 0 radical (unpaired) electrons. The molecule has 0 fully saturated rings. The molecule has 1 atom stereocenters. The van der Waals surface area contributed by atoms with E-state index < -0.39 is 6.10 Å². The van der Waals surface area contributed by atoms with Crippen molar-refractivity contribution in [3.8, 4) is 0 Å². The van der Waals surface area contributed by atoms with E-state index in [1.54, 1.807) is 12.1 Å². The van der Waals surface area contributed by atoms with Gasteiger partial charge in [-0.2, -0.15) is 0 Å². The standard InChI is InChI=1S/C8H10O2.C2H6/c9-6-8(10)7-4-2-1-3-5-7;1-2/h1-5,8-10H,6H2;1-2H3. The number of rotatable bonds is 2. The van der Waals surface area contributed by atoms with Crippen molar-refractivity contribution in [2.45, 2.75) is 20.0 Å². The van der Waals surface area contributed by atoms with Crippen LogP contribution in [-0.2, 0) is 0 Å². The Morgan fingerprint density at radius 1 is 1.17 bits per heavy atom. The monoisotopic (exact) mass is 168 g/mol. The van der Waals surface area contributed by atoms with E-state index in [1.165, 1.54) is 0 Å². The predicted octanol–water partition coefficient (Wildman–Crippen LogP) is 1.74. The molecule has 0 aliphatic rings. The molecule has 1 rings (SSSR count). The van der Waals surface area contributed by atoms with E-state index in [-0.39, 0.29) is 6.61 Å². The van der Waals surface area contributed by atoms with Crippen LogP contribution < -0.4 is 0 Å². The average Bonchev–Trinajstić information content (AvgIpc) is 2.21. The van der Waals surface area contributed by atoms with Gasteiger partial charge in [0.1, 0.15) is 6.10 Å². The maximum absolute atomic E-state index is 9.08. The summed E-state index contributed by atoms with van der Waals surface area (Å²) in [7, 11) is 0. The molecule has 0 aromatic heterocycles. The number of aliphatic hydroxyl groups excluding tert-OH is 2. The molecule has 1 unspecified atom stereocenters. The van der Waals surface area contributed by atoms with Gasteiger partial charge in [0.25, 0.3) is 0 Å². The molecule has 2 nitrogen and oxygen atoms in total. The zero-order valence-electron chi connectivity index (χ0n) is 7.57. The van der Waals surface area contributed by atoms with Crippen LogP contribution in [0.15, 0.2) is 30.3 Å². The maximum atomic E-state index is 9.08. The Balaban J connectivity index is 0.000000561. The first-order valence-corrected chi connectivity index (χ1v) is 4.18. The number of hydrogen-bond donors (Lipinski definition) is 2. The highest BCUT2D eigenvalue weighted by atomic mass is 16.3. The normalized spacial score (nSPS) is 11.3. The molecule has 12 heavy (non-hydrogen) atoms. The summed E-state index contributed by atoms with van der Waals surface area (Å²) in [6.07, 6.45) is -0.735. The van der Waals surface area contributed by atoms with Gasteiger partial charge in [0, 0.05) is 0 Å². The predicted molar refractivity (Wildman–Crippen MR) is 49.8 cm³/mol. The second-order valence-electron chi connectivity index (χ2n) is 2.11. The molecule has 0 aliphatic carbocycles. The minimum atomic E-state index is -0.735. The second-order valence-corrected chi connectivity index (χ2v) is 2.11. The molecule has 1 aromatic rings. The van der Waals surface area contributed by atoms with Crippen LogP contribution in [0.4, 0.5) is 0 Å². The van der Waals surface area contributed by atoms with Gasteiger partial charge < -0.3 is 10.2 Å². The number of benzene rings is 1. The highest BCUT2D eigenvalue weighted by molar-refractivity contribution is 5.16. The fourth-order valence-electron chi connectivity index (χ4n) is 0.781. The number of hydrogen-bond acceptors (Lipinski definition) is 2. The topological polar surface area (TPSA) is 40.5 Å². The van der Waals surface area contributed by atoms with Crippen LogP contribution in [0.5, 0.6) is 0 Å². The van der Waals surface area contributed by atoms with Gasteiger partial charge >= 0.3 is 0 Å². The van der Waals surface area contributed by atoms with Gasteiger partial charge in [-0.15, -0.1) is 0 Å². The highest BCUT2D eigenvalue weighted by Crippen LogP contribution is 2.09. The van der Waals surface area contributed by atoms with Gasteiger partial charge in [-0.3, -0.25) is 0 Å². The summed E-state index contributed by atoms with van der Waals surface area (Å²) in [5.41, 5.74) is 0.755. The van der Waals surface area contributed by atoms with Crippen molar-refractivity contribution in [2.75, 3.05) is 6.61 Å². The summed E-state index contributed by atoms with van der Waals surface area (Å²) >= 11 is 0. The first kappa shape index (κ1) is 11.1. The lowest BCUT2D eigenvalue weighted by atomic mass is 10.1. The van der Waals surface area contributed by atoms with Gasteiger partial charge in [0.2, 0.25) is 0 Å². The molecule has 2 heteroatoms. The molecule has 1 aromatic carbocycles. The molecule has 0 bridgehead atoms. The summed E-state index contributed by atoms with van der Waals surface area (Å²) in [6, 6.07) is 9.08. The van der Waals surface area contributed by atoms with Gasteiger partial charge in [0.15, 0.2) is 0 Å². The van der Waals surface area contributed by atoms with Crippen LogP contribution in [0, 0.1) is 0 Å². The Bertz CT molecular complexity index is 184. The number of aliphatic hydroxyl groups is 2. The van der Waals surface area contributed by atoms with Crippen molar-refractivity contribution in [3.63, 3.8) is 0 Å². The first-order valence-electron chi connectivity index (χ1n) is 4.18. The Hall–Kier alpha value is -0.860. The van der Waals surface area contributed by atoms with Crippen molar-refractivity contribution in [1.29, 1.82) is 0 Å². The zero-order valence-corrected chi connectivity index (χ0v) is 7.57. The van der Waals surface area contributed by atoms with E-state index in [9.17, 15) is 0 Å². The molecule has 0 saturated heterocycles. The van der Waals surface area contributed by atoms with E-state index in [2.05, 4.69) is 0 Å². The minimum absolute atomic E-state index is 0.218.